The average Bonchev–Trinajstić information content (AvgIpc) is 2.76. The number of rotatable bonds is 4. The Morgan fingerprint density at radius 2 is 2.28 bits per heavy atom. The largest absolute Gasteiger partial charge is 0.366 e. The summed E-state index contributed by atoms with van der Waals surface area (Å²) in [6.45, 7) is 1.95. The predicted octanol–water partition coefficient (Wildman–Crippen LogP) is 0.482. The molecule has 94 valence electrons. The lowest BCUT2D eigenvalue weighted by molar-refractivity contribution is 0.1000. The number of carbonyl (C=O) groups excluding carboxylic acids is 1. The van der Waals surface area contributed by atoms with Crippen LogP contribution in [-0.2, 0) is 7.05 Å². The number of pyridine rings is 1. The molecular weight excluding hydrogens is 232 g/mol. The van der Waals surface area contributed by atoms with Crippen LogP contribution >= 0.6 is 0 Å². The molecule has 0 spiro atoms. The number of nitrogens with zero attached hydrogens (tertiary/aromatic N) is 4. The Balaban J connectivity index is 2.10. The van der Waals surface area contributed by atoms with E-state index < -0.39 is 5.91 Å². The van der Waals surface area contributed by atoms with Gasteiger partial charge in [-0.3, -0.25) is 4.79 Å². The Hall–Kier alpha value is -2.44. The Labute approximate surface area is 104 Å². The fourth-order valence-electron chi connectivity index (χ4n) is 1.60. The van der Waals surface area contributed by atoms with Gasteiger partial charge >= 0.3 is 0 Å². The number of aryl methyl sites for hydroxylation is 1. The third kappa shape index (κ3) is 2.45. The maximum atomic E-state index is 10.9. The van der Waals surface area contributed by atoms with E-state index in [1.807, 2.05) is 18.5 Å². The first-order valence-electron chi connectivity index (χ1n) is 5.44. The highest BCUT2D eigenvalue weighted by molar-refractivity contribution is 5.92. The van der Waals surface area contributed by atoms with Crippen LogP contribution in [0.25, 0.3) is 0 Å². The first-order chi connectivity index (χ1) is 8.58. The molecule has 0 aromatic carbocycles. The van der Waals surface area contributed by atoms with Gasteiger partial charge in [0.2, 0.25) is 5.91 Å². The van der Waals surface area contributed by atoms with Crippen molar-refractivity contribution in [3.8, 4) is 0 Å². The van der Waals surface area contributed by atoms with Crippen LogP contribution in [0.5, 0.6) is 0 Å². The first-order valence-corrected chi connectivity index (χ1v) is 5.44. The van der Waals surface area contributed by atoms with E-state index in [-0.39, 0.29) is 6.04 Å². The summed E-state index contributed by atoms with van der Waals surface area (Å²) in [5.41, 5.74) is 5.52. The monoisotopic (exact) mass is 246 g/mol. The molecule has 7 nitrogen and oxygen atoms in total. The average molecular weight is 246 g/mol. The van der Waals surface area contributed by atoms with E-state index in [2.05, 4.69) is 20.5 Å². The zero-order valence-electron chi connectivity index (χ0n) is 10.2. The van der Waals surface area contributed by atoms with Crippen molar-refractivity contribution in [2.24, 2.45) is 12.8 Å². The molecule has 2 rings (SSSR count). The lowest BCUT2D eigenvalue weighted by Gasteiger charge is -2.13. The number of anilines is 1. The van der Waals surface area contributed by atoms with E-state index in [4.69, 9.17) is 5.73 Å². The van der Waals surface area contributed by atoms with Gasteiger partial charge in [0.15, 0.2) is 5.82 Å². The molecule has 0 saturated heterocycles. The molecule has 0 bridgehead atoms. The van der Waals surface area contributed by atoms with Crippen molar-refractivity contribution in [2.45, 2.75) is 13.0 Å². The maximum Gasteiger partial charge on any atom is 0.250 e. The molecule has 1 atom stereocenters. The molecule has 7 heteroatoms. The lowest BCUT2D eigenvalue weighted by Crippen LogP contribution is -2.14. The smallest absolute Gasteiger partial charge is 0.250 e. The normalized spacial score (nSPS) is 12.1. The summed E-state index contributed by atoms with van der Waals surface area (Å²) in [4.78, 5) is 15.0. The molecule has 3 N–H and O–H groups in total. The van der Waals surface area contributed by atoms with Gasteiger partial charge < -0.3 is 15.6 Å². The Kier molecular flexibility index (Phi) is 3.22. The van der Waals surface area contributed by atoms with Crippen molar-refractivity contribution in [1.29, 1.82) is 0 Å². The number of carbonyl (C=O) groups is 1. The van der Waals surface area contributed by atoms with Crippen molar-refractivity contribution in [2.75, 3.05) is 5.32 Å². The third-order valence-electron chi connectivity index (χ3n) is 2.55. The quantitative estimate of drug-likeness (QED) is 0.817. The molecule has 0 aliphatic carbocycles. The number of amides is 1. The summed E-state index contributed by atoms with van der Waals surface area (Å²) in [7, 11) is 1.87. The zero-order valence-corrected chi connectivity index (χ0v) is 10.2. The topological polar surface area (TPSA) is 98.7 Å². The number of hydrogen-bond acceptors (Lipinski definition) is 5. The summed E-state index contributed by atoms with van der Waals surface area (Å²) in [6.07, 6.45) is 3.07. The van der Waals surface area contributed by atoms with Gasteiger partial charge in [0.05, 0.1) is 11.6 Å². The summed E-state index contributed by atoms with van der Waals surface area (Å²) >= 11 is 0. The molecule has 0 radical (unpaired) electrons. The van der Waals surface area contributed by atoms with E-state index in [0.717, 1.165) is 5.82 Å². The fourth-order valence-corrected chi connectivity index (χ4v) is 1.60. The van der Waals surface area contributed by atoms with Gasteiger partial charge in [-0.15, -0.1) is 10.2 Å². The van der Waals surface area contributed by atoms with Crippen molar-refractivity contribution < 1.29 is 4.79 Å². The van der Waals surface area contributed by atoms with Crippen LogP contribution in [0.2, 0.25) is 0 Å². The maximum absolute atomic E-state index is 10.9. The van der Waals surface area contributed by atoms with Gasteiger partial charge in [-0.1, -0.05) is 0 Å². The molecule has 0 aliphatic heterocycles. The lowest BCUT2D eigenvalue weighted by atomic mass is 10.2. The molecule has 18 heavy (non-hydrogen) atoms. The van der Waals surface area contributed by atoms with Crippen LogP contribution in [0, 0.1) is 0 Å². The zero-order chi connectivity index (χ0) is 13.1. The van der Waals surface area contributed by atoms with E-state index in [1.54, 1.807) is 18.5 Å². The van der Waals surface area contributed by atoms with Gasteiger partial charge in [-0.2, -0.15) is 0 Å². The second-order valence-electron chi connectivity index (χ2n) is 3.96. The van der Waals surface area contributed by atoms with E-state index in [0.29, 0.717) is 11.4 Å². The summed E-state index contributed by atoms with van der Waals surface area (Å²) in [5.74, 6) is 0.960. The van der Waals surface area contributed by atoms with Crippen LogP contribution < -0.4 is 11.1 Å². The number of nitrogens with two attached hydrogens (primary N) is 1. The van der Waals surface area contributed by atoms with Gasteiger partial charge in [0.1, 0.15) is 12.1 Å². The number of aromatic nitrogens is 4. The number of primary amides is 1. The first kappa shape index (κ1) is 12.0. The van der Waals surface area contributed by atoms with E-state index >= 15 is 0 Å². The number of hydrogen-bond donors (Lipinski definition) is 2. The highest BCUT2D eigenvalue weighted by Gasteiger charge is 2.11. The summed E-state index contributed by atoms with van der Waals surface area (Å²) in [6, 6.07) is 3.29. The minimum atomic E-state index is -0.490. The van der Waals surface area contributed by atoms with Gasteiger partial charge in [-0.25, -0.2) is 4.98 Å². The van der Waals surface area contributed by atoms with Crippen LogP contribution in [0.15, 0.2) is 24.7 Å². The van der Waals surface area contributed by atoms with Crippen molar-refractivity contribution >= 4 is 11.7 Å². The van der Waals surface area contributed by atoms with Gasteiger partial charge in [0.25, 0.3) is 0 Å². The van der Waals surface area contributed by atoms with E-state index in [9.17, 15) is 4.79 Å². The number of nitrogens with one attached hydrogen (secondary N) is 1. The molecular formula is C11H14N6O. The Morgan fingerprint density at radius 3 is 2.78 bits per heavy atom. The molecule has 0 saturated carbocycles. The van der Waals surface area contributed by atoms with Crippen LogP contribution in [0.3, 0.4) is 0 Å². The second kappa shape index (κ2) is 4.82. The molecule has 1 amide bonds. The molecule has 0 fully saturated rings. The van der Waals surface area contributed by atoms with Crippen molar-refractivity contribution in [3.63, 3.8) is 0 Å². The highest BCUT2D eigenvalue weighted by Crippen LogP contribution is 2.15. The Morgan fingerprint density at radius 1 is 1.50 bits per heavy atom. The van der Waals surface area contributed by atoms with Crippen molar-refractivity contribution in [1.82, 2.24) is 19.7 Å². The van der Waals surface area contributed by atoms with Gasteiger partial charge in [-0.05, 0) is 19.1 Å². The summed E-state index contributed by atoms with van der Waals surface area (Å²) < 4.78 is 1.83. The Bertz CT molecular complexity index is 547. The van der Waals surface area contributed by atoms with Crippen molar-refractivity contribution in [3.05, 3.63) is 36.0 Å². The SMILES string of the molecule is CC(Nc1ccc(C(N)=O)cn1)c1nncn1C. The van der Waals surface area contributed by atoms with Gasteiger partial charge in [0, 0.05) is 13.2 Å². The second-order valence-corrected chi connectivity index (χ2v) is 3.96. The van der Waals surface area contributed by atoms with Crippen LogP contribution in [-0.4, -0.2) is 25.7 Å². The van der Waals surface area contributed by atoms with Crippen LogP contribution in [0.1, 0.15) is 29.1 Å². The summed E-state index contributed by atoms with van der Waals surface area (Å²) in [5, 5.41) is 11.0. The minimum absolute atomic E-state index is 0.0376. The molecule has 0 aliphatic rings. The molecule has 2 heterocycles. The molecule has 1 unspecified atom stereocenters. The highest BCUT2D eigenvalue weighted by atomic mass is 16.1. The van der Waals surface area contributed by atoms with E-state index in [1.165, 1.54) is 6.20 Å². The standard InChI is InChI=1S/C11H14N6O/c1-7(11-16-14-6-17(11)2)15-9-4-3-8(5-13-9)10(12)18/h3-7H,1-2H3,(H2,12,18)(H,13,15). The van der Waals surface area contributed by atoms with Crippen LogP contribution in [0.4, 0.5) is 5.82 Å². The third-order valence-corrected chi connectivity index (χ3v) is 2.55. The molecule has 2 aromatic rings. The predicted molar refractivity (Wildman–Crippen MR) is 65.8 cm³/mol. The minimum Gasteiger partial charge on any atom is -0.366 e. The fraction of sp³-hybridized carbons (Fsp3) is 0.273. The molecule has 2 aromatic heterocycles.